The number of rotatable bonds is 2. The molecule has 1 aromatic carbocycles. The summed E-state index contributed by atoms with van der Waals surface area (Å²) in [6.07, 6.45) is 5.47. The number of benzene rings is 1. The number of carboxylic acid groups (broad SMARTS) is 1. The molecule has 3 atom stereocenters. The van der Waals surface area contributed by atoms with Crippen LogP contribution in [-0.4, -0.2) is 28.6 Å². The van der Waals surface area contributed by atoms with Crippen LogP contribution in [0.25, 0.3) is 0 Å². The van der Waals surface area contributed by atoms with E-state index >= 15 is 0 Å². The monoisotopic (exact) mass is 414 g/mol. The molecule has 0 radical (unpaired) electrons. The number of fused-ring (bicyclic) bond motifs is 2. The van der Waals surface area contributed by atoms with Gasteiger partial charge in [-0.25, -0.2) is 0 Å². The van der Waals surface area contributed by atoms with Crippen LogP contribution in [0.4, 0.5) is 0 Å². The standard InChI is InChI=1S/C21H23BrN2O2/c1-12-2-5-17-13(8-12)3-4-15-9-16(22)11-24-20(15)19(17)14-6-7-23-18(10-14)21(25)26/h2,5,8-9,11,14,18-19,23H,3-4,6-7,10H2,1H3,(H,25,26). The lowest BCUT2D eigenvalue weighted by Gasteiger charge is -2.34. The summed E-state index contributed by atoms with van der Waals surface area (Å²) in [5.41, 5.74) is 6.40. The zero-order valence-electron chi connectivity index (χ0n) is 14.8. The van der Waals surface area contributed by atoms with Gasteiger partial charge in [-0.1, -0.05) is 23.8 Å². The minimum atomic E-state index is -0.753. The average molecular weight is 415 g/mol. The predicted octanol–water partition coefficient (Wildman–Crippen LogP) is 3.84. The minimum absolute atomic E-state index is 0.167. The SMILES string of the molecule is Cc1ccc2c(c1)CCc1cc(Br)cnc1C2C1CCNC(C(=O)O)C1. The Labute approximate surface area is 162 Å². The van der Waals surface area contributed by atoms with Crippen molar-refractivity contribution in [3.8, 4) is 0 Å². The van der Waals surface area contributed by atoms with Gasteiger partial charge in [0, 0.05) is 16.6 Å². The first-order chi connectivity index (χ1) is 12.5. The molecule has 136 valence electrons. The lowest BCUT2D eigenvalue weighted by molar-refractivity contribution is -0.140. The molecule has 4 rings (SSSR count). The third-order valence-corrected chi connectivity index (χ3v) is 6.21. The lowest BCUT2D eigenvalue weighted by Crippen LogP contribution is -2.45. The van der Waals surface area contributed by atoms with Crippen LogP contribution in [0.5, 0.6) is 0 Å². The summed E-state index contributed by atoms with van der Waals surface area (Å²) < 4.78 is 1.01. The van der Waals surface area contributed by atoms with Crippen LogP contribution < -0.4 is 5.32 Å². The maximum absolute atomic E-state index is 11.5. The molecule has 5 heteroatoms. The molecule has 26 heavy (non-hydrogen) atoms. The molecule has 0 saturated carbocycles. The Bertz CT molecular complexity index is 798. The summed E-state index contributed by atoms with van der Waals surface area (Å²) in [6.45, 7) is 2.87. The average Bonchev–Trinajstić information content (AvgIpc) is 2.78. The quantitative estimate of drug-likeness (QED) is 0.783. The van der Waals surface area contributed by atoms with E-state index in [-0.39, 0.29) is 11.8 Å². The first-order valence-electron chi connectivity index (χ1n) is 9.23. The predicted molar refractivity (Wildman–Crippen MR) is 105 cm³/mol. The molecule has 1 aliphatic carbocycles. The van der Waals surface area contributed by atoms with Gasteiger partial charge in [0.25, 0.3) is 0 Å². The maximum atomic E-state index is 11.5. The van der Waals surface area contributed by atoms with E-state index in [0.29, 0.717) is 6.42 Å². The fourth-order valence-corrected chi connectivity index (χ4v) is 4.94. The Kier molecular flexibility index (Phi) is 4.84. The summed E-state index contributed by atoms with van der Waals surface area (Å²) in [5, 5.41) is 12.6. The Hall–Kier alpha value is -1.72. The van der Waals surface area contributed by atoms with Crippen LogP contribution in [0.1, 0.15) is 46.7 Å². The van der Waals surface area contributed by atoms with Gasteiger partial charge < -0.3 is 10.4 Å². The highest BCUT2D eigenvalue weighted by atomic mass is 79.9. The molecule has 2 aromatic rings. The van der Waals surface area contributed by atoms with Crippen LogP contribution in [-0.2, 0) is 17.6 Å². The van der Waals surface area contributed by atoms with Gasteiger partial charge in [-0.2, -0.15) is 0 Å². The number of pyridine rings is 1. The van der Waals surface area contributed by atoms with Gasteiger partial charge in [-0.3, -0.25) is 9.78 Å². The number of aryl methyl sites for hydroxylation is 3. The fraction of sp³-hybridized carbons (Fsp3) is 0.429. The van der Waals surface area contributed by atoms with Crippen molar-refractivity contribution in [2.24, 2.45) is 5.92 Å². The van der Waals surface area contributed by atoms with Crippen molar-refractivity contribution in [2.45, 2.75) is 44.6 Å². The van der Waals surface area contributed by atoms with E-state index in [1.165, 1.54) is 22.3 Å². The second-order valence-electron chi connectivity index (χ2n) is 7.51. The van der Waals surface area contributed by atoms with Crippen LogP contribution in [0.15, 0.2) is 34.9 Å². The number of hydrogen-bond donors (Lipinski definition) is 2. The Morgan fingerprint density at radius 3 is 2.88 bits per heavy atom. The number of nitrogens with one attached hydrogen (secondary N) is 1. The van der Waals surface area contributed by atoms with Crippen molar-refractivity contribution in [1.29, 1.82) is 0 Å². The van der Waals surface area contributed by atoms with E-state index in [1.54, 1.807) is 0 Å². The summed E-state index contributed by atoms with van der Waals surface area (Å²) >= 11 is 3.56. The molecule has 2 aliphatic rings. The third kappa shape index (κ3) is 3.30. The van der Waals surface area contributed by atoms with E-state index in [1.807, 2.05) is 6.20 Å². The van der Waals surface area contributed by atoms with Gasteiger partial charge in [-0.15, -0.1) is 0 Å². The van der Waals surface area contributed by atoms with E-state index in [9.17, 15) is 9.90 Å². The largest absolute Gasteiger partial charge is 0.480 e. The molecule has 3 unspecified atom stereocenters. The second kappa shape index (κ2) is 7.12. The summed E-state index contributed by atoms with van der Waals surface area (Å²) in [4.78, 5) is 16.4. The van der Waals surface area contributed by atoms with Gasteiger partial charge in [0.05, 0.1) is 5.69 Å². The number of carbonyl (C=O) groups is 1. The van der Waals surface area contributed by atoms with Crippen molar-refractivity contribution in [2.75, 3.05) is 6.54 Å². The van der Waals surface area contributed by atoms with Crippen molar-refractivity contribution < 1.29 is 9.90 Å². The molecule has 4 nitrogen and oxygen atoms in total. The number of aromatic nitrogens is 1. The van der Waals surface area contributed by atoms with Gasteiger partial charge in [0.1, 0.15) is 6.04 Å². The highest BCUT2D eigenvalue weighted by molar-refractivity contribution is 9.10. The smallest absolute Gasteiger partial charge is 0.320 e. The van der Waals surface area contributed by atoms with Crippen molar-refractivity contribution in [3.63, 3.8) is 0 Å². The summed E-state index contributed by atoms with van der Waals surface area (Å²) in [6, 6.07) is 8.42. The highest BCUT2D eigenvalue weighted by Gasteiger charge is 2.36. The van der Waals surface area contributed by atoms with Gasteiger partial charge >= 0.3 is 5.97 Å². The van der Waals surface area contributed by atoms with Crippen molar-refractivity contribution >= 4 is 21.9 Å². The molecule has 1 fully saturated rings. The van der Waals surface area contributed by atoms with Gasteiger partial charge in [0.2, 0.25) is 0 Å². The fourth-order valence-electron chi connectivity index (χ4n) is 4.56. The number of carboxylic acids is 1. The van der Waals surface area contributed by atoms with Crippen molar-refractivity contribution in [3.05, 3.63) is 62.9 Å². The molecule has 0 spiro atoms. The molecular weight excluding hydrogens is 392 g/mol. The first kappa shape index (κ1) is 17.7. The lowest BCUT2D eigenvalue weighted by atomic mass is 9.75. The number of hydrogen-bond acceptors (Lipinski definition) is 3. The Morgan fingerprint density at radius 2 is 2.08 bits per heavy atom. The van der Waals surface area contributed by atoms with E-state index in [4.69, 9.17) is 4.98 Å². The number of piperidine rings is 1. The zero-order chi connectivity index (χ0) is 18.3. The number of nitrogens with zero attached hydrogens (tertiary/aromatic N) is 1. The summed E-state index contributed by atoms with van der Waals surface area (Å²) in [7, 11) is 0. The first-order valence-corrected chi connectivity index (χ1v) is 10.0. The molecule has 2 heterocycles. The van der Waals surface area contributed by atoms with E-state index < -0.39 is 12.0 Å². The molecule has 0 amide bonds. The van der Waals surface area contributed by atoms with E-state index in [0.717, 1.165) is 36.0 Å². The molecule has 2 N–H and O–H groups in total. The number of aliphatic carboxylic acids is 1. The van der Waals surface area contributed by atoms with Crippen LogP contribution in [0.2, 0.25) is 0 Å². The van der Waals surface area contributed by atoms with Crippen LogP contribution in [0.3, 0.4) is 0 Å². The minimum Gasteiger partial charge on any atom is -0.480 e. The molecule has 1 saturated heterocycles. The highest BCUT2D eigenvalue weighted by Crippen LogP contribution is 2.42. The van der Waals surface area contributed by atoms with Gasteiger partial charge in [0.15, 0.2) is 0 Å². The van der Waals surface area contributed by atoms with Gasteiger partial charge in [-0.05, 0) is 83.8 Å². The normalized spacial score (nSPS) is 25.1. The molecule has 0 bridgehead atoms. The third-order valence-electron chi connectivity index (χ3n) is 5.77. The van der Waals surface area contributed by atoms with Crippen molar-refractivity contribution in [1.82, 2.24) is 10.3 Å². The van der Waals surface area contributed by atoms with Crippen LogP contribution in [0, 0.1) is 12.8 Å². The second-order valence-corrected chi connectivity index (χ2v) is 8.42. The maximum Gasteiger partial charge on any atom is 0.320 e. The Morgan fingerprint density at radius 1 is 1.27 bits per heavy atom. The Balaban J connectivity index is 1.82. The molecular formula is C21H23BrN2O2. The molecule has 1 aliphatic heterocycles. The van der Waals surface area contributed by atoms with Crippen LogP contribution >= 0.6 is 15.9 Å². The van der Waals surface area contributed by atoms with E-state index in [2.05, 4.69) is 52.4 Å². The number of halogens is 1. The topological polar surface area (TPSA) is 62.2 Å². The molecule has 1 aromatic heterocycles. The summed E-state index contributed by atoms with van der Waals surface area (Å²) in [5.74, 6) is -0.305. The zero-order valence-corrected chi connectivity index (χ0v) is 16.4.